The van der Waals surface area contributed by atoms with Crippen LogP contribution in [-0.4, -0.2) is 15.7 Å². The molecule has 5 rings (SSSR count). The maximum Gasteiger partial charge on any atom is 0.280 e. The Morgan fingerprint density at radius 2 is 1.41 bits per heavy atom. The molecule has 0 bridgehead atoms. The van der Waals surface area contributed by atoms with Crippen LogP contribution in [-0.2, 0) is 6.54 Å². The van der Waals surface area contributed by atoms with Gasteiger partial charge in [0.1, 0.15) is 5.56 Å². The lowest BCUT2D eigenvalue weighted by Gasteiger charge is -2.17. The summed E-state index contributed by atoms with van der Waals surface area (Å²) in [6.07, 6.45) is 0. The lowest BCUT2D eigenvalue weighted by molar-refractivity contribution is 0.102. The van der Waals surface area contributed by atoms with Crippen molar-refractivity contribution in [3.8, 4) is 22.4 Å². The van der Waals surface area contributed by atoms with E-state index in [0.29, 0.717) is 23.5 Å². The molecule has 0 saturated heterocycles. The summed E-state index contributed by atoms with van der Waals surface area (Å²) >= 11 is 0. The second kappa shape index (κ2) is 9.16. The smallest absolute Gasteiger partial charge is 0.280 e. The van der Waals surface area contributed by atoms with Crippen molar-refractivity contribution >= 4 is 22.4 Å². The molecule has 1 aromatic heterocycles. The van der Waals surface area contributed by atoms with Crippen molar-refractivity contribution in [2.24, 2.45) is 0 Å². The van der Waals surface area contributed by atoms with Crippen molar-refractivity contribution in [3.05, 3.63) is 119 Å². The van der Waals surface area contributed by atoms with Crippen LogP contribution < -0.4 is 10.9 Å². The van der Waals surface area contributed by atoms with E-state index in [1.54, 1.807) is 0 Å². The Bertz CT molecular complexity index is 1540. The van der Waals surface area contributed by atoms with Gasteiger partial charge in [0.25, 0.3) is 11.5 Å². The molecule has 4 aromatic carbocycles. The van der Waals surface area contributed by atoms with Crippen LogP contribution in [0.15, 0.2) is 108 Å². The highest BCUT2D eigenvalue weighted by Crippen LogP contribution is 2.33. The number of aryl methyl sites for hydroxylation is 1. The van der Waals surface area contributed by atoms with Gasteiger partial charge < -0.3 is 5.32 Å². The largest absolute Gasteiger partial charge is 0.321 e. The molecule has 0 radical (unpaired) electrons. The zero-order valence-electron chi connectivity index (χ0n) is 18.7. The monoisotopic (exact) mass is 445 g/mol. The highest BCUT2D eigenvalue weighted by molar-refractivity contribution is 6.13. The molecule has 0 spiro atoms. The Kier molecular flexibility index (Phi) is 5.75. The molecule has 0 aliphatic heterocycles. The minimum Gasteiger partial charge on any atom is -0.321 e. The lowest BCUT2D eigenvalue weighted by atomic mass is 9.95. The van der Waals surface area contributed by atoms with Crippen LogP contribution in [0.3, 0.4) is 0 Å². The Labute approximate surface area is 197 Å². The van der Waals surface area contributed by atoms with E-state index in [-0.39, 0.29) is 5.56 Å². The van der Waals surface area contributed by atoms with Gasteiger partial charge in [-0.2, -0.15) is 5.10 Å². The SMILES string of the molecule is CCn1nc(-c2ccccc2)c(-c2ccccc2)c(C(=O)Nc2cccc3ccccc23)c1=O. The summed E-state index contributed by atoms with van der Waals surface area (Å²) in [5.74, 6) is -0.456. The van der Waals surface area contributed by atoms with Crippen molar-refractivity contribution < 1.29 is 4.79 Å². The third-order valence-electron chi connectivity index (χ3n) is 5.83. The summed E-state index contributed by atoms with van der Waals surface area (Å²) in [7, 11) is 0. The Balaban J connectivity index is 1.75. The van der Waals surface area contributed by atoms with Crippen LogP contribution in [0.5, 0.6) is 0 Å². The Morgan fingerprint density at radius 1 is 0.794 bits per heavy atom. The van der Waals surface area contributed by atoms with Crippen LogP contribution in [0.2, 0.25) is 0 Å². The van der Waals surface area contributed by atoms with Gasteiger partial charge in [0.05, 0.1) is 5.69 Å². The topological polar surface area (TPSA) is 64.0 Å². The van der Waals surface area contributed by atoms with Crippen molar-refractivity contribution in [1.29, 1.82) is 0 Å². The van der Waals surface area contributed by atoms with Crippen LogP contribution >= 0.6 is 0 Å². The summed E-state index contributed by atoms with van der Waals surface area (Å²) in [5, 5.41) is 9.58. The average Bonchev–Trinajstić information content (AvgIpc) is 2.89. The number of hydrogen-bond acceptors (Lipinski definition) is 3. The second-order valence-electron chi connectivity index (χ2n) is 7.93. The first-order chi connectivity index (χ1) is 16.7. The third kappa shape index (κ3) is 3.88. The molecule has 0 aliphatic rings. The number of fused-ring (bicyclic) bond motifs is 1. The van der Waals surface area contributed by atoms with E-state index < -0.39 is 11.5 Å². The molecule has 5 heteroatoms. The molecule has 0 fully saturated rings. The fourth-order valence-electron chi connectivity index (χ4n) is 4.20. The van der Waals surface area contributed by atoms with Crippen LogP contribution in [0.1, 0.15) is 17.3 Å². The van der Waals surface area contributed by atoms with E-state index in [0.717, 1.165) is 21.9 Å². The normalized spacial score (nSPS) is 10.9. The maximum atomic E-state index is 13.8. The minimum absolute atomic E-state index is 0.0786. The predicted molar refractivity (Wildman–Crippen MR) is 137 cm³/mol. The van der Waals surface area contributed by atoms with Gasteiger partial charge in [-0.15, -0.1) is 0 Å². The highest BCUT2D eigenvalue weighted by atomic mass is 16.2. The van der Waals surface area contributed by atoms with Crippen molar-refractivity contribution in [3.63, 3.8) is 0 Å². The molecule has 0 saturated carbocycles. The summed E-state index contributed by atoms with van der Waals surface area (Å²) in [5.41, 5.74) is 3.03. The predicted octanol–water partition coefficient (Wildman–Crippen LogP) is 6.00. The molecule has 0 unspecified atom stereocenters. The Morgan fingerprint density at radius 3 is 2.12 bits per heavy atom. The van der Waals surface area contributed by atoms with E-state index in [1.807, 2.05) is 110 Å². The molecule has 5 nitrogen and oxygen atoms in total. The van der Waals surface area contributed by atoms with Gasteiger partial charge in [0.2, 0.25) is 0 Å². The fourth-order valence-corrected chi connectivity index (χ4v) is 4.20. The van der Waals surface area contributed by atoms with Crippen molar-refractivity contribution in [1.82, 2.24) is 9.78 Å². The molecule has 1 heterocycles. The fraction of sp³-hybridized carbons (Fsp3) is 0.0690. The zero-order chi connectivity index (χ0) is 23.5. The van der Waals surface area contributed by atoms with E-state index in [9.17, 15) is 9.59 Å². The first kappa shape index (κ1) is 21.3. The first-order valence-corrected chi connectivity index (χ1v) is 11.2. The minimum atomic E-state index is -0.456. The highest BCUT2D eigenvalue weighted by Gasteiger charge is 2.25. The van der Waals surface area contributed by atoms with E-state index >= 15 is 0 Å². The molecule has 166 valence electrons. The van der Waals surface area contributed by atoms with Crippen LogP contribution in [0.25, 0.3) is 33.2 Å². The number of nitrogens with zero attached hydrogens (tertiary/aromatic N) is 2. The van der Waals surface area contributed by atoms with Gasteiger partial charge in [-0.05, 0) is 23.9 Å². The summed E-state index contributed by atoms with van der Waals surface area (Å²) in [6, 6.07) is 32.7. The maximum absolute atomic E-state index is 13.8. The molecule has 1 N–H and O–H groups in total. The number of anilines is 1. The van der Waals surface area contributed by atoms with Gasteiger partial charge in [-0.25, -0.2) is 4.68 Å². The molecule has 0 atom stereocenters. The Hall–Kier alpha value is -4.51. The quantitative estimate of drug-likeness (QED) is 0.361. The third-order valence-corrected chi connectivity index (χ3v) is 5.83. The van der Waals surface area contributed by atoms with Gasteiger partial charge in [-0.3, -0.25) is 9.59 Å². The van der Waals surface area contributed by atoms with Gasteiger partial charge in [0.15, 0.2) is 0 Å². The summed E-state index contributed by atoms with van der Waals surface area (Å²) < 4.78 is 1.35. The lowest BCUT2D eigenvalue weighted by Crippen LogP contribution is -2.32. The number of hydrogen-bond donors (Lipinski definition) is 1. The van der Waals surface area contributed by atoms with Crippen molar-refractivity contribution in [2.75, 3.05) is 5.32 Å². The van der Waals surface area contributed by atoms with Gasteiger partial charge in [0, 0.05) is 28.7 Å². The van der Waals surface area contributed by atoms with Gasteiger partial charge >= 0.3 is 0 Å². The molecule has 5 aromatic rings. The molecular weight excluding hydrogens is 422 g/mol. The van der Waals surface area contributed by atoms with E-state index in [1.165, 1.54) is 4.68 Å². The number of carbonyl (C=O) groups excluding carboxylic acids is 1. The molecule has 34 heavy (non-hydrogen) atoms. The summed E-state index contributed by atoms with van der Waals surface area (Å²) in [4.78, 5) is 27.3. The standard InChI is InChI=1S/C29H23N3O2/c1-2-32-29(34)26(28(33)30-24-19-11-17-20-12-9-10-18-23(20)24)25(21-13-5-3-6-14-21)27(31-32)22-15-7-4-8-16-22/h3-19H,2H2,1H3,(H,30,33). The van der Waals surface area contributed by atoms with E-state index in [4.69, 9.17) is 0 Å². The number of nitrogens with one attached hydrogen (secondary N) is 1. The van der Waals surface area contributed by atoms with Crippen LogP contribution in [0.4, 0.5) is 5.69 Å². The number of carbonyl (C=O) groups is 1. The zero-order valence-corrected chi connectivity index (χ0v) is 18.7. The number of rotatable bonds is 5. The first-order valence-electron chi connectivity index (χ1n) is 11.2. The second-order valence-corrected chi connectivity index (χ2v) is 7.93. The molecular formula is C29H23N3O2. The van der Waals surface area contributed by atoms with E-state index in [2.05, 4.69) is 10.4 Å². The number of amides is 1. The molecule has 0 aliphatic carbocycles. The van der Waals surface area contributed by atoms with Crippen LogP contribution in [0, 0.1) is 0 Å². The summed E-state index contributed by atoms with van der Waals surface area (Å²) in [6.45, 7) is 2.19. The van der Waals surface area contributed by atoms with Gasteiger partial charge in [-0.1, -0.05) is 97.1 Å². The van der Waals surface area contributed by atoms with Crippen molar-refractivity contribution in [2.45, 2.75) is 13.5 Å². The average molecular weight is 446 g/mol. The number of benzene rings is 4. The molecule has 1 amide bonds. The number of aromatic nitrogens is 2.